The molecule has 0 bridgehead atoms. The summed E-state index contributed by atoms with van der Waals surface area (Å²) >= 11 is 1.41. The highest BCUT2D eigenvalue weighted by atomic mass is 32.1. The minimum atomic E-state index is -0.425. The number of rotatable bonds is 6. The van der Waals surface area contributed by atoms with Gasteiger partial charge in [0.15, 0.2) is 0 Å². The smallest absolute Gasteiger partial charge is 0.262 e. The Morgan fingerprint density at radius 2 is 2.00 bits per heavy atom. The maximum atomic E-state index is 12.8. The van der Waals surface area contributed by atoms with Crippen molar-refractivity contribution in [2.45, 2.75) is 12.5 Å². The number of nitrogens with one attached hydrogen (secondary N) is 2. The number of hydrogen-bond donors (Lipinski definition) is 3. The summed E-state index contributed by atoms with van der Waals surface area (Å²) in [6.07, 6.45) is 4.30. The number of carbonyl (C=O) groups is 1. The lowest BCUT2D eigenvalue weighted by atomic mass is 10.0. The van der Waals surface area contributed by atoms with Crippen molar-refractivity contribution in [2.24, 2.45) is 0 Å². The molecule has 5 nitrogen and oxygen atoms in total. The average molecular weight is 377 g/mol. The molecule has 0 radical (unpaired) electrons. The fraction of sp³-hybridized carbons (Fsp3) is 0.143. The van der Waals surface area contributed by atoms with Crippen molar-refractivity contribution >= 4 is 28.3 Å². The van der Waals surface area contributed by atoms with E-state index in [1.54, 1.807) is 6.20 Å². The van der Waals surface area contributed by atoms with E-state index >= 15 is 0 Å². The summed E-state index contributed by atoms with van der Waals surface area (Å²) in [6, 6.07) is 15.0. The van der Waals surface area contributed by atoms with Crippen molar-refractivity contribution < 1.29 is 9.90 Å². The summed E-state index contributed by atoms with van der Waals surface area (Å²) in [5.41, 5.74) is 3.82. The minimum Gasteiger partial charge on any atom is -0.394 e. The first-order valence-electron chi connectivity index (χ1n) is 8.70. The van der Waals surface area contributed by atoms with Gasteiger partial charge in [0, 0.05) is 17.8 Å². The van der Waals surface area contributed by atoms with E-state index in [1.165, 1.54) is 11.3 Å². The number of fused-ring (bicyclic) bond motifs is 1. The number of amides is 1. The van der Waals surface area contributed by atoms with Gasteiger partial charge in [-0.1, -0.05) is 30.3 Å². The van der Waals surface area contributed by atoms with Crippen LogP contribution >= 0.6 is 11.3 Å². The molecular weight excluding hydrogens is 358 g/mol. The summed E-state index contributed by atoms with van der Waals surface area (Å²) in [6.45, 7) is -0.148. The highest BCUT2D eigenvalue weighted by Gasteiger charge is 2.19. The van der Waals surface area contributed by atoms with E-state index < -0.39 is 6.04 Å². The molecule has 3 N–H and O–H groups in total. The van der Waals surface area contributed by atoms with Gasteiger partial charge >= 0.3 is 0 Å². The molecule has 0 unspecified atom stereocenters. The lowest BCUT2D eigenvalue weighted by Gasteiger charge is -2.17. The van der Waals surface area contributed by atoms with Crippen LogP contribution in [0.25, 0.3) is 11.0 Å². The molecule has 1 atom stereocenters. The molecule has 0 aliphatic rings. The summed E-state index contributed by atoms with van der Waals surface area (Å²) < 4.78 is 0. The van der Waals surface area contributed by atoms with Crippen molar-refractivity contribution in [3.63, 3.8) is 0 Å². The zero-order valence-corrected chi connectivity index (χ0v) is 15.4. The molecule has 0 spiro atoms. The number of carbonyl (C=O) groups excluding carboxylic acids is 1. The quantitative estimate of drug-likeness (QED) is 0.480. The normalized spacial score (nSPS) is 12.2. The van der Waals surface area contributed by atoms with Gasteiger partial charge in [-0.25, -0.2) is 4.98 Å². The van der Waals surface area contributed by atoms with Gasteiger partial charge in [-0.15, -0.1) is 11.3 Å². The van der Waals surface area contributed by atoms with E-state index in [0.717, 1.165) is 27.7 Å². The average Bonchev–Trinajstić information content (AvgIpc) is 3.36. The molecule has 1 aromatic carbocycles. The van der Waals surface area contributed by atoms with Gasteiger partial charge in [0.2, 0.25) is 0 Å². The van der Waals surface area contributed by atoms with Crippen LogP contribution in [-0.4, -0.2) is 27.6 Å². The predicted molar refractivity (Wildman–Crippen MR) is 107 cm³/mol. The van der Waals surface area contributed by atoms with Crippen LogP contribution in [0.1, 0.15) is 32.4 Å². The molecule has 0 aliphatic heterocycles. The van der Waals surface area contributed by atoms with Crippen LogP contribution < -0.4 is 5.32 Å². The van der Waals surface area contributed by atoms with Crippen LogP contribution in [0.5, 0.6) is 0 Å². The SMILES string of the molecule is O=C(N[C@@H](CO)c1ccccc1)c1sccc1Cc1ccnc2[nH]ccc12. The topological polar surface area (TPSA) is 78.0 Å². The number of aromatic amines is 1. The van der Waals surface area contributed by atoms with E-state index in [2.05, 4.69) is 15.3 Å². The molecule has 0 aliphatic carbocycles. The second-order valence-electron chi connectivity index (χ2n) is 6.28. The molecule has 4 rings (SSSR count). The van der Waals surface area contributed by atoms with Gasteiger partial charge in [-0.05, 0) is 46.7 Å². The van der Waals surface area contributed by atoms with E-state index in [1.807, 2.05) is 60.1 Å². The number of aliphatic hydroxyl groups is 1. The van der Waals surface area contributed by atoms with Crippen molar-refractivity contribution in [3.8, 4) is 0 Å². The number of H-pyrrole nitrogens is 1. The summed E-state index contributed by atoms with van der Waals surface area (Å²) in [5.74, 6) is -0.165. The fourth-order valence-electron chi connectivity index (χ4n) is 3.20. The Labute approximate surface area is 160 Å². The van der Waals surface area contributed by atoms with Crippen molar-refractivity contribution in [1.82, 2.24) is 15.3 Å². The molecular formula is C21H19N3O2S. The van der Waals surface area contributed by atoms with Crippen molar-refractivity contribution in [1.29, 1.82) is 0 Å². The van der Waals surface area contributed by atoms with E-state index in [9.17, 15) is 9.90 Å². The Kier molecular flexibility index (Phi) is 5.00. The first-order valence-corrected chi connectivity index (χ1v) is 9.58. The van der Waals surface area contributed by atoms with E-state index in [0.29, 0.717) is 11.3 Å². The first-order chi connectivity index (χ1) is 13.3. The van der Waals surface area contributed by atoms with Gasteiger partial charge < -0.3 is 15.4 Å². The number of benzene rings is 1. The lowest BCUT2D eigenvalue weighted by molar-refractivity contribution is 0.0919. The Hall–Kier alpha value is -2.96. The lowest BCUT2D eigenvalue weighted by Crippen LogP contribution is -2.30. The zero-order valence-electron chi connectivity index (χ0n) is 14.6. The Morgan fingerprint density at radius 3 is 2.81 bits per heavy atom. The molecule has 0 saturated heterocycles. The van der Waals surface area contributed by atoms with Crippen molar-refractivity contribution in [2.75, 3.05) is 6.61 Å². The Morgan fingerprint density at radius 1 is 1.15 bits per heavy atom. The van der Waals surface area contributed by atoms with Gasteiger partial charge in [0.25, 0.3) is 5.91 Å². The van der Waals surface area contributed by atoms with Crippen LogP contribution in [0, 0.1) is 0 Å². The van der Waals surface area contributed by atoms with Crippen LogP contribution in [0.2, 0.25) is 0 Å². The molecule has 3 aromatic heterocycles. The van der Waals surface area contributed by atoms with Crippen LogP contribution in [0.3, 0.4) is 0 Å². The molecule has 4 aromatic rings. The fourth-order valence-corrected chi connectivity index (χ4v) is 4.02. The Balaban J connectivity index is 1.56. The third kappa shape index (κ3) is 3.63. The highest BCUT2D eigenvalue weighted by molar-refractivity contribution is 7.12. The molecule has 1 amide bonds. The molecule has 0 saturated carbocycles. The van der Waals surface area contributed by atoms with Gasteiger partial charge in [0.05, 0.1) is 17.5 Å². The molecule has 136 valence electrons. The largest absolute Gasteiger partial charge is 0.394 e. The highest BCUT2D eigenvalue weighted by Crippen LogP contribution is 2.25. The molecule has 3 heterocycles. The second-order valence-corrected chi connectivity index (χ2v) is 7.20. The summed E-state index contributed by atoms with van der Waals surface area (Å²) in [7, 11) is 0. The first kappa shape index (κ1) is 17.5. The zero-order chi connectivity index (χ0) is 18.6. The standard InChI is InChI=1S/C21H19N3O2S/c25-13-18(14-4-2-1-3-5-14)24-21(26)19-16(8-11-27-19)12-15-6-9-22-20-17(15)7-10-23-20/h1-11,18,25H,12-13H2,(H,22,23)(H,24,26)/t18-/m0/s1. The van der Waals surface area contributed by atoms with Crippen LogP contribution in [-0.2, 0) is 6.42 Å². The van der Waals surface area contributed by atoms with E-state index in [4.69, 9.17) is 0 Å². The van der Waals surface area contributed by atoms with Crippen LogP contribution in [0.15, 0.2) is 66.3 Å². The molecule has 27 heavy (non-hydrogen) atoms. The molecule has 0 fully saturated rings. The third-order valence-electron chi connectivity index (χ3n) is 4.57. The second kappa shape index (κ2) is 7.73. The minimum absolute atomic E-state index is 0.148. The van der Waals surface area contributed by atoms with Crippen LogP contribution in [0.4, 0.5) is 0 Å². The third-order valence-corrected chi connectivity index (χ3v) is 5.53. The van der Waals surface area contributed by atoms with E-state index in [-0.39, 0.29) is 12.5 Å². The number of thiophene rings is 1. The molecule has 6 heteroatoms. The Bertz CT molecular complexity index is 1060. The predicted octanol–water partition coefficient (Wildman–Crippen LogP) is 3.68. The number of nitrogens with zero attached hydrogens (tertiary/aromatic N) is 1. The maximum absolute atomic E-state index is 12.8. The number of pyridine rings is 1. The number of aromatic nitrogens is 2. The summed E-state index contributed by atoms with van der Waals surface area (Å²) in [4.78, 5) is 20.9. The van der Waals surface area contributed by atoms with Gasteiger partial charge in [-0.2, -0.15) is 0 Å². The summed E-state index contributed by atoms with van der Waals surface area (Å²) in [5, 5.41) is 15.6. The van der Waals surface area contributed by atoms with Crippen molar-refractivity contribution in [3.05, 3.63) is 87.9 Å². The van der Waals surface area contributed by atoms with Gasteiger partial charge in [-0.3, -0.25) is 4.79 Å². The monoisotopic (exact) mass is 377 g/mol. The maximum Gasteiger partial charge on any atom is 0.262 e. The number of hydrogen-bond acceptors (Lipinski definition) is 4. The number of aliphatic hydroxyl groups excluding tert-OH is 1. The van der Waals surface area contributed by atoms with Gasteiger partial charge in [0.1, 0.15) is 5.65 Å².